The molecule has 0 aliphatic rings. The topological polar surface area (TPSA) is 108 Å². The van der Waals surface area contributed by atoms with Crippen LogP contribution in [0.5, 0.6) is 0 Å². The number of carbonyl (C=O) groups is 1. The van der Waals surface area contributed by atoms with E-state index in [1.807, 2.05) is 78.9 Å². The zero-order chi connectivity index (χ0) is 22.6. The van der Waals surface area contributed by atoms with Crippen molar-refractivity contribution in [3.8, 4) is 11.3 Å². The minimum atomic E-state index is -0.116. The highest BCUT2D eigenvalue weighted by Crippen LogP contribution is 2.28. The molecule has 0 spiro atoms. The van der Waals surface area contributed by atoms with Crippen molar-refractivity contribution < 1.29 is 4.79 Å². The Kier molecular flexibility index (Phi) is 5.38. The Bertz CT molecular complexity index is 1410. The van der Waals surface area contributed by atoms with Crippen LogP contribution < -0.4 is 16.0 Å². The van der Waals surface area contributed by atoms with Gasteiger partial charge >= 0.3 is 0 Å². The molecule has 0 saturated carbocycles. The predicted molar refractivity (Wildman–Crippen MR) is 131 cm³/mol. The number of nitrogens with zero attached hydrogens (tertiary/aromatic N) is 3. The fourth-order valence-corrected chi connectivity index (χ4v) is 3.50. The molecule has 5 rings (SSSR count). The summed E-state index contributed by atoms with van der Waals surface area (Å²) >= 11 is 0. The number of nitrogens with one attached hydrogen (secondary N) is 4. The highest BCUT2D eigenvalue weighted by Gasteiger charge is 2.13. The Morgan fingerprint density at radius 2 is 1.52 bits per heavy atom. The third kappa shape index (κ3) is 4.64. The van der Waals surface area contributed by atoms with E-state index in [-0.39, 0.29) is 5.91 Å². The molecule has 8 nitrogen and oxygen atoms in total. The lowest BCUT2D eigenvalue weighted by Gasteiger charge is -2.11. The number of rotatable bonds is 6. The van der Waals surface area contributed by atoms with E-state index < -0.39 is 0 Å². The summed E-state index contributed by atoms with van der Waals surface area (Å²) in [5.41, 5.74) is 6.39. The monoisotopic (exact) mass is 435 g/mol. The highest BCUT2D eigenvalue weighted by atomic mass is 16.1. The number of hydrogen-bond acceptors (Lipinski definition) is 6. The zero-order valence-electron chi connectivity index (χ0n) is 17.8. The van der Waals surface area contributed by atoms with E-state index in [0.29, 0.717) is 22.8 Å². The summed E-state index contributed by atoms with van der Waals surface area (Å²) in [7, 11) is 0. The molecule has 162 valence electrons. The lowest BCUT2D eigenvalue weighted by atomic mass is 10.1. The summed E-state index contributed by atoms with van der Waals surface area (Å²) < 4.78 is 0. The maximum atomic E-state index is 11.3. The lowest BCUT2D eigenvalue weighted by Crippen LogP contribution is -2.05. The fourth-order valence-electron chi connectivity index (χ4n) is 3.50. The van der Waals surface area contributed by atoms with Crippen molar-refractivity contribution in [2.24, 2.45) is 0 Å². The van der Waals surface area contributed by atoms with Gasteiger partial charge in [-0.25, -0.2) is 9.97 Å². The van der Waals surface area contributed by atoms with Gasteiger partial charge < -0.3 is 20.9 Å². The number of fused-ring (bicyclic) bond motifs is 1. The number of benzene rings is 3. The zero-order valence-corrected chi connectivity index (χ0v) is 17.8. The number of hydrogen-bond donors (Lipinski definition) is 4. The molecule has 0 aliphatic heterocycles. The van der Waals surface area contributed by atoms with Crippen molar-refractivity contribution in [3.63, 3.8) is 0 Å². The Labute approximate surface area is 190 Å². The van der Waals surface area contributed by atoms with Crippen molar-refractivity contribution in [2.75, 3.05) is 16.0 Å². The minimum absolute atomic E-state index is 0.116. The van der Waals surface area contributed by atoms with Crippen LogP contribution in [0, 0.1) is 0 Å². The standard InChI is InChI=1S/C25H21N7O/c1-16(33)28-19-12-10-17(11-13-19)22-23-24(27-15-26-23)32-25(31-22)30-21-9-5-8-20(14-21)29-18-6-3-2-4-7-18/h2-15,29H,1H3,(H,28,33)(H2,26,27,30,31,32). The van der Waals surface area contributed by atoms with E-state index in [4.69, 9.17) is 4.98 Å². The largest absolute Gasteiger partial charge is 0.355 e. The Morgan fingerprint density at radius 1 is 0.788 bits per heavy atom. The van der Waals surface area contributed by atoms with Crippen LogP contribution in [0.1, 0.15) is 6.92 Å². The quantitative estimate of drug-likeness (QED) is 0.282. The van der Waals surface area contributed by atoms with Crippen LogP contribution in [0.25, 0.3) is 22.4 Å². The van der Waals surface area contributed by atoms with Crippen molar-refractivity contribution >= 4 is 45.8 Å². The second-order valence-corrected chi connectivity index (χ2v) is 7.45. The van der Waals surface area contributed by atoms with Crippen molar-refractivity contribution in [1.82, 2.24) is 19.9 Å². The number of aromatic amines is 1. The SMILES string of the molecule is CC(=O)Nc1ccc(-c2nc(Nc3cccc(Nc4ccccc4)c3)nc3[nH]cnc23)cc1. The minimum Gasteiger partial charge on any atom is -0.355 e. The number of para-hydroxylation sites is 1. The number of anilines is 5. The molecule has 2 heterocycles. The van der Waals surface area contributed by atoms with Gasteiger partial charge in [0.2, 0.25) is 11.9 Å². The Hall–Kier alpha value is -4.72. The third-order valence-corrected chi connectivity index (χ3v) is 4.94. The predicted octanol–water partition coefficient (Wildman–Crippen LogP) is 5.47. The Balaban J connectivity index is 1.44. The molecule has 0 aliphatic carbocycles. The van der Waals surface area contributed by atoms with Crippen molar-refractivity contribution in [3.05, 3.63) is 85.2 Å². The summed E-state index contributed by atoms with van der Waals surface area (Å²) in [4.78, 5) is 28.0. The molecule has 8 heteroatoms. The molecular weight excluding hydrogens is 414 g/mol. The van der Waals surface area contributed by atoms with Gasteiger partial charge in [0.25, 0.3) is 0 Å². The first kappa shape index (κ1) is 20.2. The van der Waals surface area contributed by atoms with E-state index in [1.165, 1.54) is 6.92 Å². The van der Waals surface area contributed by atoms with Crippen LogP contribution in [0.4, 0.5) is 28.7 Å². The van der Waals surface area contributed by atoms with E-state index >= 15 is 0 Å². The summed E-state index contributed by atoms with van der Waals surface area (Å²) in [6.45, 7) is 1.48. The second kappa shape index (κ2) is 8.80. The van der Waals surface area contributed by atoms with Crippen LogP contribution in [-0.4, -0.2) is 25.8 Å². The molecule has 4 N–H and O–H groups in total. The van der Waals surface area contributed by atoms with E-state index in [9.17, 15) is 4.79 Å². The van der Waals surface area contributed by atoms with Gasteiger partial charge in [-0.2, -0.15) is 4.98 Å². The summed E-state index contributed by atoms with van der Waals surface area (Å²) in [6, 6.07) is 25.4. The van der Waals surface area contributed by atoms with E-state index in [2.05, 4.69) is 30.9 Å². The van der Waals surface area contributed by atoms with Gasteiger partial charge in [-0.3, -0.25) is 4.79 Å². The third-order valence-electron chi connectivity index (χ3n) is 4.94. The van der Waals surface area contributed by atoms with Crippen LogP contribution >= 0.6 is 0 Å². The fraction of sp³-hybridized carbons (Fsp3) is 0.0400. The molecule has 1 amide bonds. The van der Waals surface area contributed by atoms with Gasteiger partial charge in [-0.1, -0.05) is 36.4 Å². The molecule has 0 fully saturated rings. The van der Waals surface area contributed by atoms with Gasteiger partial charge in [0, 0.05) is 35.2 Å². The summed E-state index contributed by atoms with van der Waals surface area (Å²) in [5.74, 6) is 0.333. The smallest absolute Gasteiger partial charge is 0.229 e. The number of aromatic nitrogens is 4. The van der Waals surface area contributed by atoms with Gasteiger partial charge in [0.05, 0.1) is 6.33 Å². The van der Waals surface area contributed by atoms with Gasteiger partial charge in [0.15, 0.2) is 5.65 Å². The van der Waals surface area contributed by atoms with Crippen LogP contribution in [0.2, 0.25) is 0 Å². The van der Waals surface area contributed by atoms with Gasteiger partial charge in [-0.05, 0) is 42.5 Å². The maximum Gasteiger partial charge on any atom is 0.229 e. The van der Waals surface area contributed by atoms with Crippen molar-refractivity contribution in [1.29, 1.82) is 0 Å². The van der Waals surface area contributed by atoms with E-state index in [1.54, 1.807) is 6.33 Å². The Morgan fingerprint density at radius 3 is 2.27 bits per heavy atom. The molecular formula is C25H21N7O. The molecule has 0 saturated heterocycles. The molecule has 0 atom stereocenters. The average molecular weight is 435 g/mol. The number of H-pyrrole nitrogens is 1. The lowest BCUT2D eigenvalue weighted by molar-refractivity contribution is -0.114. The van der Waals surface area contributed by atoms with Crippen LogP contribution in [-0.2, 0) is 4.79 Å². The molecule has 5 aromatic rings. The van der Waals surface area contributed by atoms with E-state index in [0.717, 1.165) is 28.3 Å². The molecule has 0 radical (unpaired) electrons. The molecule has 2 aromatic heterocycles. The second-order valence-electron chi connectivity index (χ2n) is 7.45. The first-order valence-corrected chi connectivity index (χ1v) is 10.4. The number of amides is 1. The average Bonchev–Trinajstić information content (AvgIpc) is 3.28. The van der Waals surface area contributed by atoms with Gasteiger partial charge in [-0.15, -0.1) is 0 Å². The summed E-state index contributed by atoms with van der Waals surface area (Å²) in [5, 5.41) is 9.45. The molecule has 33 heavy (non-hydrogen) atoms. The van der Waals surface area contributed by atoms with Crippen LogP contribution in [0.15, 0.2) is 85.2 Å². The summed E-state index contributed by atoms with van der Waals surface area (Å²) in [6.07, 6.45) is 1.60. The molecule has 0 unspecified atom stereocenters. The molecule has 3 aromatic carbocycles. The van der Waals surface area contributed by atoms with Crippen LogP contribution in [0.3, 0.4) is 0 Å². The first-order valence-electron chi connectivity index (χ1n) is 10.4. The number of imidazole rings is 1. The van der Waals surface area contributed by atoms with Gasteiger partial charge in [0.1, 0.15) is 11.2 Å². The normalized spacial score (nSPS) is 10.7. The highest BCUT2D eigenvalue weighted by molar-refractivity contribution is 5.91. The first-order chi connectivity index (χ1) is 16.1. The molecule has 0 bridgehead atoms. The maximum absolute atomic E-state index is 11.3. The van der Waals surface area contributed by atoms with Crippen molar-refractivity contribution in [2.45, 2.75) is 6.92 Å². The number of carbonyl (C=O) groups excluding carboxylic acids is 1.